The molecule has 44 heavy (non-hydrogen) atoms. The second kappa shape index (κ2) is 8.59. The molecule has 4 heteroatoms. The average molecular weight is 561 g/mol. The number of nitrogens with zero attached hydrogens (tertiary/aromatic N) is 4. The van der Waals surface area contributed by atoms with Crippen LogP contribution in [0.5, 0.6) is 0 Å². The van der Waals surface area contributed by atoms with Crippen LogP contribution in [-0.4, -0.2) is 19.5 Å². The van der Waals surface area contributed by atoms with E-state index in [0.717, 1.165) is 50.4 Å². The van der Waals surface area contributed by atoms with E-state index in [1.165, 1.54) is 33.5 Å². The standard InChI is InChI=1S/C40H24N4/c1-2-12-25(13-3-1)38-41-33-18-8-5-15-29(33)37(43-38)26-22-23-28-27-14-4-6-16-30(27)40(32(28)24-26)31-17-7-10-20-35(31)44-36-21-11-9-19-34(36)42-39(40)44/h1-24H. The minimum Gasteiger partial charge on any atom is -0.295 e. The molecular formula is C40H24N4. The molecule has 2 aliphatic rings. The highest BCUT2D eigenvalue weighted by Gasteiger charge is 2.54. The van der Waals surface area contributed by atoms with Gasteiger partial charge in [0.2, 0.25) is 0 Å². The van der Waals surface area contributed by atoms with Crippen molar-refractivity contribution in [2.24, 2.45) is 0 Å². The fourth-order valence-electron chi connectivity index (χ4n) is 7.60. The Morgan fingerprint density at radius 2 is 1.18 bits per heavy atom. The van der Waals surface area contributed by atoms with Crippen LogP contribution in [0, 0.1) is 0 Å². The molecule has 1 aliphatic heterocycles. The third kappa shape index (κ3) is 2.94. The number of para-hydroxylation sites is 4. The topological polar surface area (TPSA) is 43.6 Å². The lowest BCUT2D eigenvalue weighted by Crippen LogP contribution is -2.27. The van der Waals surface area contributed by atoms with Crippen molar-refractivity contribution in [2.45, 2.75) is 5.41 Å². The molecular weight excluding hydrogens is 536 g/mol. The first kappa shape index (κ1) is 23.7. The molecule has 1 spiro atoms. The van der Waals surface area contributed by atoms with Gasteiger partial charge in [0.05, 0.1) is 27.9 Å². The molecule has 204 valence electrons. The zero-order valence-corrected chi connectivity index (χ0v) is 23.6. The summed E-state index contributed by atoms with van der Waals surface area (Å²) in [7, 11) is 0. The van der Waals surface area contributed by atoms with Crippen LogP contribution in [0.2, 0.25) is 0 Å². The van der Waals surface area contributed by atoms with Gasteiger partial charge in [-0.05, 0) is 58.1 Å². The van der Waals surface area contributed by atoms with Crippen LogP contribution >= 0.6 is 0 Å². The number of aromatic nitrogens is 4. The van der Waals surface area contributed by atoms with Gasteiger partial charge in [-0.3, -0.25) is 4.57 Å². The SMILES string of the molecule is c1ccc(-c2nc(-c3ccc4c(c3)C3(c5ccccc5-4)c4ccccc4-n4c3nc3ccccc34)c3ccccc3n2)cc1. The van der Waals surface area contributed by atoms with Crippen molar-refractivity contribution < 1.29 is 0 Å². The van der Waals surface area contributed by atoms with Crippen LogP contribution in [0.4, 0.5) is 0 Å². The van der Waals surface area contributed by atoms with Crippen molar-refractivity contribution in [3.8, 4) is 39.5 Å². The predicted octanol–water partition coefficient (Wildman–Crippen LogP) is 8.98. The van der Waals surface area contributed by atoms with Gasteiger partial charge in [-0.1, -0.05) is 115 Å². The average Bonchev–Trinajstić information content (AvgIpc) is 3.71. The smallest absolute Gasteiger partial charge is 0.160 e. The van der Waals surface area contributed by atoms with Crippen LogP contribution in [0.25, 0.3) is 61.4 Å². The number of rotatable bonds is 2. The van der Waals surface area contributed by atoms with E-state index in [1.807, 2.05) is 24.3 Å². The quantitative estimate of drug-likeness (QED) is 0.212. The first-order chi connectivity index (χ1) is 21.8. The van der Waals surface area contributed by atoms with Crippen molar-refractivity contribution in [2.75, 3.05) is 0 Å². The van der Waals surface area contributed by atoms with Gasteiger partial charge < -0.3 is 0 Å². The third-order valence-corrected chi connectivity index (χ3v) is 9.40. The van der Waals surface area contributed by atoms with E-state index in [4.69, 9.17) is 15.0 Å². The van der Waals surface area contributed by atoms with Gasteiger partial charge in [0.25, 0.3) is 0 Å². The molecule has 2 aromatic heterocycles. The van der Waals surface area contributed by atoms with Crippen molar-refractivity contribution in [3.63, 3.8) is 0 Å². The van der Waals surface area contributed by atoms with Crippen LogP contribution in [0.3, 0.4) is 0 Å². The Labute approximate surface area is 254 Å². The van der Waals surface area contributed by atoms with Gasteiger partial charge >= 0.3 is 0 Å². The highest BCUT2D eigenvalue weighted by molar-refractivity contribution is 5.97. The minimum absolute atomic E-state index is 0.553. The van der Waals surface area contributed by atoms with Gasteiger partial charge in [-0.2, -0.15) is 0 Å². The van der Waals surface area contributed by atoms with Crippen molar-refractivity contribution in [1.29, 1.82) is 0 Å². The monoisotopic (exact) mass is 560 g/mol. The summed E-state index contributed by atoms with van der Waals surface area (Å²) >= 11 is 0. The third-order valence-electron chi connectivity index (χ3n) is 9.40. The molecule has 0 saturated heterocycles. The molecule has 0 saturated carbocycles. The molecule has 8 aromatic rings. The van der Waals surface area contributed by atoms with Gasteiger partial charge in [0.1, 0.15) is 11.2 Å². The zero-order valence-electron chi connectivity index (χ0n) is 23.6. The van der Waals surface area contributed by atoms with Gasteiger partial charge in [-0.15, -0.1) is 0 Å². The molecule has 10 rings (SSSR count). The first-order valence-electron chi connectivity index (χ1n) is 15.0. The van der Waals surface area contributed by atoms with E-state index in [1.54, 1.807) is 0 Å². The largest absolute Gasteiger partial charge is 0.295 e. The number of hydrogen-bond donors (Lipinski definition) is 0. The number of hydrogen-bond acceptors (Lipinski definition) is 3. The molecule has 0 amide bonds. The fraction of sp³-hybridized carbons (Fsp3) is 0.0250. The highest BCUT2D eigenvalue weighted by Crippen LogP contribution is 2.60. The maximum absolute atomic E-state index is 5.38. The van der Waals surface area contributed by atoms with E-state index >= 15 is 0 Å². The maximum atomic E-state index is 5.38. The van der Waals surface area contributed by atoms with E-state index in [0.29, 0.717) is 0 Å². The second-order valence-electron chi connectivity index (χ2n) is 11.6. The summed E-state index contributed by atoms with van der Waals surface area (Å²) in [5, 5.41) is 1.04. The Hall–Kier alpha value is -5.87. The molecule has 0 fully saturated rings. The summed E-state index contributed by atoms with van der Waals surface area (Å²) < 4.78 is 2.37. The lowest BCUT2D eigenvalue weighted by atomic mass is 9.72. The summed E-state index contributed by atoms with van der Waals surface area (Å²) in [4.78, 5) is 15.6. The summed E-state index contributed by atoms with van der Waals surface area (Å²) in [6.45, 7) is 0. The summed E-state index contributed by atoms with van der Waals surface area (Å²) in [6, 6.07) is 51.5. The summed E-state index contributed by atoms with van der Waals surface area (Å²) in [6.07, 6.45) is 0. The number of imidazole rings is 1. The molecule has 1 aliphatic carbocycles. The summed E-state index contributed by atoms with van der Waals surface area (Å²) in [5.74, 6) is 1.77. The Morgan fingerprint density at radius 3 is 2.09 bits per heavy atom. The molecule has 1 atom stereocenters. The maximum Gasteiger partial charge on any atom is 0.160 e. The first-order valence-corrected chi connectivity index (χ1v) is 15.0. The molecule has 4 nitrogen and oxygen atoms in total. The molecule has 0 N–H and O–H groups in total. The van der Waals surface area contributed by atoms with Crippen molar-refractivity contribution in [3.05, 3.63) is 168 Å². The van der Waals surface area contributed by atoms with Gasteiger partial charge in [-0.25, -0.2) is 15.0 Å². The van der Waals surface area contributed by atoms with Crippen LogP contribution in [-0.2, 0) is 5.41 Å². The van der Waals surface area contributed by atoms with E-state index in [2.05, 4.69) is 126 Å². The zero-order chi connectivity index (χ0) is 28.8. The number of fused-ring (bicyclic) bond motifs is 13. The Bertz CT molecular complexity index is 2460. The molecule has 0 bridgehead atoms. The van der Waals surface area contributed by atoms with Crippen LogP contribution < -0.4 is 0 Å². The lowest BCUT2D eigenvalue weighted by Gasteiger charge is -2.27. The predicted molar refractivity (Wildman–Crippen MR) is 176 cm³/mol. The van der Waals surface area contributed by atoms with Crippen molar-refractivity contribution in [1.82, 2.24) is 19.5 Å². The van der Waals surface area contributed by atoms with E-state index in [-0.39, 0.29) is 0 Å². The van der Waals surface area contributed by atoms with Gasteiger partial charge in [0, 0.05) is 16.5 Å². The Morgan fingerprint density at radius 1 is 0.477 bits per heavy atom. The van der Waals surface area contributed by atoms with Gasteiger partial charge in [0.15, 0.2) is 5.82 Å². The Kier molecular flexibility index (Phi) is 4.62. The minimum atomic E-state index is -0.553. The van der Waals surface area contributed by atoms with E-state index in [9.17, 15) is 0 Å². The molecule has 6 aromatic carbocycles. The highest BCUT2D eigenvalue weighted by atomic mass is 15.1. The van der Waals surface area contributed by atoms with E-state index < -0.39 is 5.41 Å². The molecule has 0 radical (unpaired) electrons. The second-order valence-corrected chi connectivity index (χ2v) is 11.6. The fourth-order valence-corrected chi connectivity index (χ4v) is 7.60. The lowest BCUT2D eigenvalue weighted by molar-refractivity contribution is 0.738. The number of benzene rings is 6. The van der Waals surface area contributed by atoms with Crippen molar-refractivity contribution >= 4 is 21.9 Å². The van der Waals surface area contributed by atoms with Crippen LogP contribution in [0.1, 0.15) is 22.5 Å². The normalized spacial score (nSPS) is 15.8. The molecule has 3 heterocycles. The van der Waals surface area contributed by atoms with Crippen LogP contribution in [0.15, 0.2) is 146 Å². The Balaban J connectivity index is 1.31. The molecule has 1 unspecified atom stereocenters. The summed E-state index contributed by atoms with van der Waals surface area (Å²) in [5.41, 5.74) is 13.0.